The van der Waals surface area contributed by atoms with E-state index in [1.165, 1.54) is 12.8 Å². The van der Waals surface area contributed by atoms with E-state index in [-0.39, 0.29) is 11.6 Å². The van der Waals surface area contributed by atoms with Crippen molar-refractivity contribution in [1.82, 2.24) is 20.4 Å². The maximum absolute atomic E-state index is 12.2. The molecule has 1 aliphatic carbocycles. The van der Waals surface area contributed by atoms with Gasteiger partial charge in [-0.15, -0.1) is 5.10 Å². The zero-order valence-corrected chi connectivity index (χ0v) is 13.7. The van der Waals surface area contributed by atoms with Crippen LogP contribution in [0, 0.1) is 0 Å². The van der Waals surface area contributed by atoms with Crippen LogP contribution in [0.1, 0.15) is 45.2 Å². The Morgan fingerprint density at radius 2 is 1.82 bits per heavy atom. The maximum Gasteiger partial charge on any atom is 0.317 e. The number of carbonyl (C=O) groups is 1. The van der Waals surface area contributed by atoms with Gasteiger partial charge in [-0.25, -0.2) is 4.79 Å². The molecular formula is C16H25N5O. The minimum atomic E-state index is -0.196. The van der Waals surface area contributed by atoms with Gasteiger partial charge in [-0.1, -0.05) is 0 Å². The van der Waals surface area contributed by atoms with Crippen molar-refractivity contribution in [1.29, 1.82) is 0 Å². The molecule has 0 bridgehead atoms. The predicted molar refractivity (Wildman–Crippen MR) is 86.1 cm³/mol. The van der Waals surface area contributed by atoms with Crippen LogP contribution in [0.4, 0.5) is 10.6 Å². The molecule has 0 aromatic carbocycles. The number of nitrogens with zero attached hydrogens (tertiary/aromatic N) is 4. The van der Waals surface area contributed by atoms with Gasteiger partial charge in [-0.2, -0.15) is 5.10 Å². The molecule has 1 N–H and O–H groups in total. The van der Waals surface area contributed by atoms with Crippen molar-refractivity contribution in [2.45, 2.75) is 45.1 Å². The first-order valence-corrected chi connectivity index (χ1v) is 8.08. The average molecular weight is 303 g/mol. The average Bonchev–Trinajstić information content (AvgIpc) is 3.30. The first kappa shape index (κ1) is 15.1. The van der Waals surface area contributed by atoms with E-state index in [2.05, 4.69) is 32.5 Å². The highest BCUT2D eigenvalue weighted by molar-refractivity contribution is 5.75. The van der Waals surface area contributed by atoms with Gasteiger partial charge in [0.15, 0.2) is 5.82 Å². The minimum Gasteiger partial charge on any atom is -0.352 e. The van der Waals surface area contributed by atoms with Gasteiger partial charge in [0.05, 0.1) is 5.69 Å². The Morgan fingerprint density at radius 1 is 1.14 bits per heavy atom. The van der Waals surface area contributed by atoms with Gasteiger partial charge >= 0.3 is 6.03 Å². The van der Waals surface area contributed by atoms with E-state index >= 15 is 0 Å². The highest BCUT2D eigenvalue weighted by Crippen LogP contribution is 2.38. The Balaban J connectivity index is 1.53. The zero-order valence-electron chi connectivity index (χ0n) is 13.7. The number of amides is 2. The van der Waals surface area contributed by atoms with Gasteiger partial charge in [0.2, 0.25) is 0 Å². The molecule has 1 aromatic heterocycles. The zero-order chi connectivity index (χ0) is 15.7. The summed E-state index contributed by atoms with van der Waals surface area (Å²) in [5, 5.41) is 11.7. The topological polar surface area (TPSA) is 61.4 Å². The van der Waals surface area contributed by atoms with Crippen LogP contribution in [0.5, 0.6) is 0 Å². The first-order valence-electron chi connectivity index (χ1n) is 8.08. The summed E-state index contributed by atoms with van der Waals surface area (Å²) < 4.78 is 0. The smallest absolute Gasteiger partial charge is 0.317 e. The minimum absolute atomic E-state index is 0.0160. The van der Waals surface area contributed by atoms with Crippen LogP contribution in [0.15, 0.2) is 12.1 Å². The van der Waals surface area contributed by atoms with Crippen LogP contribution < -0.4 is 10.2 Å². The van der Waals surface area contributed by atoms with E-state index in [0.717, 1.165) is 24.6 Å². The molecule has 120 valence electrons. The molecule has 22 heavy (non-hydrogen) atoms. The van der Waals surface area contributed by atoms with Gasteiger partial charge in [-0.3, -0.25) is 0 Å². The largest absolute Gasteiger partial charge is 0.352 e. The molecule has 2 aliphatic rings. The highest BCUT2D eigenvalue weighted by Gasteiger charge is 2.27. The summed E-state index contributed by atoms with van der Waals surface area (Å²) in [7, 11) is 0. The molecule has 1 saturated heterocycles. The van der Waals surface area contributed by atoms with Gasteiger partial charge in [0, 0.05) is 37.6 Å². The molecule has 1 saturated carbocycles. The van der Waals surface area contributed by atoms with Gasteiger partial charge in [-0.05, 0) is 45.7 Å². The summed E-state index contributed by atoms with van der Waals surface area (Å²) >= 11 is 0. The van der Waals surface area contributed by atoms with Crippen molar-refractivity contribution in [2.24, 2.45) is 0 Å². The quantitative estimate of drug-likeness (QED) is 0.907. The standard InChI is InChI=1S/C16H25N5O/c1-16(2,3)17-15(22)21-10-8-20(9-11-21)14-7-6-13(18-19-14)12-4-5-12/h6-7,12H,4-5,8-11H2,1-3H3,(H,17,22). The Bertz CT molecular complexity index is 524. The number of hydrogen-bond donors (Lipinski definition) is 1. The molecule has 0 spiro atoms. The predicted octanol–water partition coefficient (Wildman–Crippen LogP) is 1.98. The van der Waals surface area contributed by atoms with Gasteiger partial charge in [0.25, 0.3) is 0 Å². The Morgan fingerprint density at radius 3 is 2.32 bits per heavy atom. The van der Waals surface area contributed by atoms with Crippen LogP contribution in [-0.4, -0.2) is 52.8 Å². The van der Waals surface area contributed by atoms with Crippen molar-refractivity contribution in [2.75, 3.05) is 31.1 Å². The molecule has 0 radical (unpaired) electrons. The molecule has 2 fully saturated rings. The number of piperazine rings is 1. The molecule has 2 heterocycles. The van der Waals surface area contributed by atoms with Crippen LogP contribution in [0.3, 0.4) is 0 Å². The lowest BCUT2D eigenvalue weighted by atomic mass is 10.1. The number of nitrogens with one attached hydrogen (secondary N) is 1. The number of hydrogen-bond acceptors (Lipinski definition) is 4. The normalized spacial score (nSPS) is 19.2. The third-order valence-electron chi connectivity index (χ3n) is 4.04. The second-order valence-electron chi connectivity index (χ2n) is 7.24. The van der Waals surface area contributed by atoms with E-state index in [0.29, 0.717) is 19.0 Å². The molecular weight excluding hydrogens is 278 g/mol. The Kier molecular flexibility index (Phi) is 3.93. The van der Waals surface area contributed by atoms with E-state index in [1.807, 2.05) is 25.7 Å². The summed E-state index contributed by atoms with van der Waals surface area (Å²) in [6.45, 7) is 9.03. The second kappa shape index (κ2) is 5.74. The van der Waals surface area contributed by atoms with Crippen LogP contribution >= 0.6 is 0 Å². The number of rotatable bonds is 2. The number of aromatic nitrogens is 2. The fraction of sp³-hybridized carbons (Fsp3) is 0.688. The van der Waals surface area contributed by atoms with Gasteiger partial charge in [0.1, 0.15) is 0 Å². The van der Waals surface area contributed by atoms with Crippen LogP contribution in [0.25, 0.3) is 0 Å². The van der Waals surface area contributed by atoms with Crippen molar-refractivity contribution < 1.29 is 4.79 Å². The maximum atomic E-state index is 12.2. The van der Waals surface area contributed by atoms with Gasteiger partial charge < -0.3 is 15.1 Å². The summed E-state index contributed by atoms with van der Waals surface area (Å²) in [5.41, 5.74) is 0.921. The SMILES string of the molecule is CC(C)(C)NC(=O)N1CCN(c2ccc(C3CC3)nn2)CC1. The lowest BCUT2D eigenvalue weighted by molar-refractivity contribution is 0.185. The molecule has 1 aliphatic heterocycles. The number of urea groups is 1. The van der Waals surface area contributed by atoms with Crippen molar-refractivity contribution in [3.05, 3.63) is 17.8 Å². The molecule has 2 amide bonds. The van der Waals surface area contributed by atoms with E-state index in [1.54, 1.807) is 0 Å². The summed E-state index contributed by atoms with van der Waals surface area (Å²) in [6.07, 6.45) is 2.49. The fourth-order valence-electron chi connectivity index (χ4n) is 2.64. The van der Waals surface area contributed by atoms with Crippen molar-refractivity contribution >= 4 is 11.8 Å². The number of anilines is 1. The van der Waals surface area contributed by atoms with Crippen molar-refractivity contribution in [3.8, 4) is 0 Å². The molecule has 6 heteroatoms. The molecule has 0 atom stereocenters. The lowest BCUT2D eigenvalue weighted by Crippen LogP contribution is -2.55. The van der Waals surface area contributed by atoms with E-state index < -0.39 is 0 Å². The van der Waals surface area contributed by atoms with Crippen LogP contribution in [0.2, 0.25) is 0 Å². The third kappa shape index (κ3) is 3.67. The fourth-order valence-corrected chi connectivity index (χ4v) is 2.64. The van der Waals surface area contributed by atoms with Crippen LogP contribution in [-0.2, 0) is 0 Å². The summed E-state index contributed by atoms with van der Waals surface area (Å²) in [4.78, 5) is 16.2. The van der Waals surface area contributed by atoms with Crippen molar-refractivity contribution in [3.63, 3.8) is 0 Å². The monoisotopic (exact) mass is 303 g/mol. The van der Waals surface area contributed by atoms with E-state index in [4.69, 9.17) is 0 Å². The Hall–Kier alpha value is -1.85. The molecule has 3 rings (SSSR count). The van der Waals surface area contributed by atoms with E-state index in [9.17, 15) is 4.79 Å². The second-order valence-corrected chi connectivity index (χ2v) is 7.24. The number of carbonyl (C=O) groups excluding carboxylic acids is 1. The molecule has 6 nitrogen and oxygen atoms in total. The molecule has 0 unspecified atom stereocenters. The molecule has 1 aromatic rings. The summed E-state index contributed by atoms with van der Waals surface area (Å²) in [6, 6.07) is 4.17. The Labute approximate surface area is 131 Å². The lowest BCUT2D eigenvalue weighted by Gasteiger charge is -2.36. The highest BCUT2D eigenvalue weighted by atomic mass is 16.2. The summed E-state index contributed by atoms with van der Waals surface area (Å²) in [5.74, 6) is 1.56. The third-order valence-corrected chi connectivity index (χ3v) is 4.04. The first-order chi connectivity index (χ1) is 10.4.